The molecule has 1 heterocycles. The van der Waals surface area contributed by atoms with Crippen LogP contribution in [0.5, 0.6) is 5.88 Å². The van der Waals surface area contributed by atoms with E-state index in [1.54, 1.807) is 23.9 Å². The molecular formula is C35H33N3O3. The van der Waals surface area contributed by atoms with E-state index in [2.05, 4.69) is 54.0 Å². The summed E-state index contributed by atoms with van der Waals surface area (Å²) >= 11 is 0. The fraction of sp³-hybridized carbons (Fsp3) is 0.143. The van der Waals surface area contributed by atoms with Gasteiger partial charge in [0.2, 0.25) is 5.88 Å². The van der Waals surface area contributed by atoms with Gasteiger partial charge in [-0.2, -0.15) is 0 Å². The number of amides is 2. The molecule has 1 aromatic heterocycles. The zero-order chi connectivity index (χ0) is 28.6. The molecule has 41 heavy (non-hydrogen) atoms. The number of aryl methyl sites for hydroxylation is 4. The highest BCUT2D eigenvalue weighted by Crippen LogP contribution is 2.23. The Hall–Kier alpha value is -5.10. The Morgan fingerprint density at radius 3 is 2.15 bits per heavy atom. The summed E-state index contributed by atoms with van der Waals surface area (Å²) in [7, 11) is 1.76. The minimum absolute atomic E-state index is 0.204. The van der Waals surface area contributed by atoms with Gasteiger partial charge < -0.3 is 19.9 Å². The Labute approximate surface area is 240 Å². The molecule has 0 spiro atoms. The molecule has 5 rings (SSSR count). The van der Waals surface area contributed by atoms with Crippen molar-refractivity contribution >= 4 is 17.7 Å². The van der Waals surface area contributed by atoms with Gasteiger partial charge in [0.1, 0.15) is 0 Å². The number of hydrogen-bond acceptors (Lipinski definition) is 3. The lowest BCUT2D eigenvalue weighted by atomic mass is 9.99. The third-order valence-electron chi connectivity index (χ3n) is 6.98. The molecule has 0 radical (unpaired) electrons. The second-order valence-electron chi connectivity index (χ2n) is 10.1. The molecule has 2 amide bonds. The highest BCUT2D eigenvalue weighted by molar-refractivity contribution is 6.05. The maximum Gasteiger partial charge on any atom is 0.414 e. The summed E-state index contributed by atoms with van der Waals surface area (Å²) in [6, 6.07) is 35.9. The topological polar surface area (TPSA) is 72.4 Å². The summed E-state index contributed by atoms with van der Waals surface area (Å²) < 4.78 is 7.17. The van der Waals surface area contributed by atoms with Gasteiger partial charge in [-0.05, 0) is 53.6 Å². The van der Waals surface area contributed by atoms with Crippen LogP contribution < -0.4 is 15.4 Å². The smallest absolute Gasteiger partial charge is 0.393 e. The first kappa shape index (κ1) is 27.5. The van der Waals surface area contributed by atoms with Gasteiger partial charge in [0.25, 0.3) is 5.91 Å². The lowest BCUT2D eigenvalue weighted by Gasteiger charge is -2.09. The molecule has 0 fully saturated rings. The van der Waals surface area contributed by atoms with Gasteiger partial charge in [0.05, 0.1) is 5.69 Å². The lowest BCUT2D eigenvalue weighted by molar-refractivity contribution is 0.102. The van der Waals surface area contributed by atoms with Crippen LogP contribution in [-0.2, 0) is 26.4 Å². The van der Waals surface area contributed by atoms with Gasteiger partial charge in [0, 0.05) is 31.4 Å². The van der Waals surface area contributed by atoms with Crippen molar-refractivity contribution < 1.29 is 14.3 Å². The number of aromatic nitrogens is 1. The van der Waals surface area contributed by atoms with Crippen LogP contribution in [0.4, 0.5) is 10.5 Å². The van der Waals surface area contributed by atoms with Crippen molar-refractivity contribution in [2.24, 2.45) is 7.05 Å². The largest absolute Gasteiger partial charge is 0.414 e. The summed E-state index contributed by atoms with van der Waals surface area (Å²) in [5, 5.41) is 5.73. The number of hydrogen-bond donors (Lipinski definition) is 2. The van der Waals surface area contributed by atoms with E-state index < -0.39 is 6.09 Å². The Balaban J connectivity index is 1.15. The monoisotopic (exact) mass is 543 g/mol. The zero-order valence-corrected chi connectivity index (χ0v) is 23.3. The van der Waals surface area contributed by atoms with Gasteiger partial charge in [-0.3, -0.25) is 4.79 Å². The first-order chi connectivity index (χ1) is 19.9. The fourth-order valence-electron chi connectivity index (χ4n) is 4.66. The van der Waals surface area contributed by atoms with Crippen molar-refractivity contribution in [3.05, 3.63) is 143 Å². The Morgan fingerprint density at radius 2 is 1.41 bits per heavy atom. The zero-order valence-electron chi connectivity index (χ0n) is 23.3. The summed E-state index contributed by atoms with van der Waals surface area (Å²) in [6.07, 6.45) is 2.75. The van der Waals surface area contributed by atoms with Crippen LogP contribution in [0.3, 0.4) is 0 Å². The third-order valence-corrected chi connectivity index (χ3v) is 6.98. The SMILES string of the molecule is Cc1ccc(-c2ccc(CNC(=O)Oc3cc(NC(=O)c4ccccc4CCc4ccccc4)cn3C)cc2)cc1. The van der Waals surface area contributed by atoms with Crippen LogP contribution in [-0.4, -0.2) is 16.6 Å². The van der Waals surface area contributed by atoms with Crippen LogP contribution in [0.2, 0.25) is 0 Å². The molecule has 5 aromatic rings. The maximum atomic E-state index is 13.1. The first-order valence-electron chi connectivity index (χ1n) is 13.7. The average Bonchev–Trinajstić information content (AvgIpc) is 3.34. The number of nitrogens with one attached hydrogen (secondary N) is 2. The van der Waals surface area contributed by atoms with E-state index in [4.69, 9.17) is 4.74 Å². The number of anilines is 1. The molecule has 2 N–H and O–H groups in total. The quantitative estimate of drug-likeness (QED) is 0.205. The summed E-state index contributed by atoms with van der Waals surface area (Å²) in [4.78, 5) is 25.6. The molecule has 0 unspecified atom stereocenters. The molecule has 0 saturated carbocycles. The molecule has 4 aromatic carbocycles. The van der Waals surface area contributed by atoms with E-state index in [-0.39, 0.29) is 5.91 Å². The highest BCUT2D eigenvalue weighted by Gasteiger charge is 2.15. The van der Waals surface area contributed by atoms with Crippen LogP contribution >= 0.6 is 0 Å². The minimum Gasteiger partial charge on any atom is -0.393 e. The number of ether oxygens (including phenoxy) is 1. The summed E-state index contributed by atoms with van der Waals surface area (Å²) in [5.74, 6) is 0.120. The molecule has 0 saturated heterocycles. The second kappa shape index (κ2) is 12.8. The maximum absolute atomic E-state index is 13.1. The van der Waals surface area contributed by atoms with E-state index in [9.17, 15) is 9.59 Å². The molecular weight excluding hydrogens is 510 g/mol. The van der Waals surface area contributed by atoms with E-state index in [0.717, 1.165) is 35.1 Å². The van der Waals surface area contributed by atoms with Crippen molar-refractivity contribution in [1.82, 2.24) is 9.88 Å². The molecule has 206 valence electrons. The van der Waals surface area contributed by atoms with Gasteiger partial charge in [-0.1, -0.05) is 103 Å². The number of nitrogens with zero attached hydrogens (tertiary/aromatic N) is 1. The van der Waals surface area contributed by atoms with E-state index in [1.807, 2.05) is 66.7 Å². The van der Waals surface area contributed by atoms with Crippen LogP contribution in [0, 0.1) is 6.92 Å². The highest BCUT2D eigenvalue weighted by atomic mass is 16.6. The molecule has 6 heteroatoms. The average molecular weight is 544 g/mol. The van der Waals surface area contributed by atoms with E-state index >= 15 is 0 Å². The molecule has 0 aliphatic heterocycles. The molecule has 6 nitrogen and oxygen atoms in total. The normalized spacial score (nSPS) is 10.7. The van der Waals surface area contributed by atoms with E-state index in [1.165, 1.54) is 11.1 Å². The number of rotatable bonds is 9. The minimum atomic E-state index is -0.571. The predicted molar refractivity (Wildman–Crippen MR) is 163 cm³/mol. The van der Waals surface area contributed by atoms with Crippen molar-refractivity contribution in [3.63, 3.8) is 0 Å². The number of benzene rings is 4. The number of carbonyl (C=O) groups excluding carboxylic acids is 2. The van der Waals surface area contributed by atoms with Crippen molar-refractivity contribution in [2.75, 3.05) is 5.32 Å². The Bertz CT molecular complexity index is 1620. The van der Waals surface area contributed by atoms with Crippen molar-refractivity contribution in [1.29, 1.82) is 0 Å². The fourth-order valence-corrected chi connectivity index (χ4v) is 4.66. The Morgan fingerprint density at radius 1 is 0.756 bits per heavy atom. The summed E-state index contributed by atoms with van der Waals surface area (Å²) in [5.41, 5.74) is 7.83. The van der Waals surface area contributed by atoms with Crippen LogP contribution in [0.25, 0.3) is 11.1 Å². The molecule has 0 bridgehead atoms. The van der Waals surface area contributed by atoms with Gasteiger partial charge in [0.15, 0.2) is 0 Å². The molecule has 0 atom stereocenters. The number of carbonyl (C=O) groups is 2. The van der Waals surface area contributed by atoms with Crippen molar-refractivity contribution in [2.45, 2.75) is 26.3 Å². The summed E-state index contributed by atoms with van der Waals surface area (Å²) in [6.45, 7) is 2.40. The third kappa shape index (κ3) is 7.31. The van der Waals surface area contributed by atoms with Crippen LogP contribution in [0.1, 0.15) is 32.6 Å². The van der Waals surface area contributed by atoms with Gasteiger partial charge in [-0.15, -0.1) is 0 Å². The second-order valence-corrected chi connectivity index (χ2v) is 10.1. The first-order valence-corrected chi connectivity index (χ1v) is 13.7. The van der Waals surface area contributed by atoms with Gasteiger partial charge in [-0.25, -0.2) is 4.79 Å². The van der Waals surface area contributed by atoms with Gasteiger partial charge >= 0.3 is 6.09 Å². The standard InChI is InChI=1S/C35H33N3O3/c1-25-12-17-28(18-13-25)29-19-15-27(16-20-29)23-36-35(40)41-33-22-31(24-38(33)2)37-34(39)32-11-7-6-10-30(32)21-14-26-8-4-3-5-9-26/h3-13,15-20,22,24H,14,21,23H2,1-2H3,(H,36,40)(H,37,39). The molecule has 0 aliphatic rings. The molecule has 0 aliphatic carbocycles. The van der Waals surface area contributed by atoms with Crippen LogP contribution in [0.15, 0.2) is 115 Å². The van der Waals surface area contributed by atoms with E-state index in [0.29, 0.717) is 23.7 Å². The lowest BCUT2D eigenvalue weighted by Crippen LogP contribution is -2.26. The predicted octanol–water partition coefficient (Wildman–Crippen LogP) is 7.33. The van der Waals surface area contributed by atoms with Crippen molar-refractivity contribution in [3.8, 4) is 17.0 Å². The Kier molecular flexibility index (Phi) is 8.60.